The van der Waals surface area contributed by atoms with Gasteiger partial charge in [-0.1, -0.05) is 11.6 Å². The number of piperazine rings is 1. The van der Waals surface area contributed by atoms with Gasteiger partial charge in [0.25, 0.3) is 5.91 Å². The number of hydrogen-bond acceptors (Lipinski definition) is 4. The Kier molecular flexibility index (Phi) is 4.92. The lowest BCUT2D eigenvalue weighted by Gasteiger charge is -2.32. The molecule has 1 aromatic rings. The highest BCUT2D eigenvalue weighted by Gasteiger charge is 2.19. The summed E-state index contributed by atoms with van der Waals surface area (Å²) in [6, 6.07) is 3.06. The fourth-order valence-electron chi connectivity index (χ4n) is 1.94. The summed E-state index contributed by atoms with van der Waals surface area (Å²) in [6.45, 7) is 3.09. The molecule has 1 N–H and O–H groups in total. The quantitative estimate of drug-likeness (QED) is 0.868. The molecule has 2 heterocycles. The van der Waals surface area contributed by atoms with E-state index in [1.807, 2.05) is 7.05 Å². The minimum atomic E-state index is -0.394. The number of pyridine rings is 1. The van der Waals surface area contributed by atoms with Crippen LogP contribution >= 0.6 is 11.6 Å². The zero-order chi connectivity index (χ0) is 14.5. The molecule has 0 unspecified atom stereocenters. The molecule has 1 saturated heterocycles. The molecule has 7 heteroatoms. The first-order valence-corrected chi connectivity index (χ1v) is 6.80. The minimum absolute atomic E-state index is 0.0171. The van der Waals surface area contributed by atoms with Crippen LogP contribution in [0.2, 0.25) is 5.02 Å². The summed E-state index contributed by atoms with van der Waals surface area (Å²) in [5, 5.41) is 3.01. The summed E-state index contributed by atoms with van der Waals surface area (Å²) >= 11 is 5.79. The van der Waals surface area contributed by atoms with Gasteiger partial charge in [0.2, 0.25) is 5.91 Å². The number of halogens is 1. The molecule has 0 spiro atoms. The highest BCUT2D eigenvalue weighted by Crippen LogP contribution is 2.07. The van der Waals surface area contributed by atoms with Crippen molar-refractivity contribution in [3.63, 3.8) is 0 Å². The fourth-order valence-corrected chi connectivity index (χ4v) is 2.10. The maximum Gasteiger partial charge on any atom is 0.270 e. The maximum atomic E-state index is 12.0. The summed E-state index contributed by atoms with van der Waals surface area (Å²) in [7, 11) is 2.02. The summed E-state index contributed by atoms with van der Waals surface area (Å²) in [5.74, 6) is -0.469. The molecule has 0 bridgehead atoms. The van der Waals surface area contributed by atoms with Crippen LogP contribution in [0.3, 0.4) is 0 Å². The van der Waals surface area contributed by atoms with E-state index in [9.17, 15) is 9.59 Å². The molecule has 1 aliphatic heterocycles. The van der Waals surface area contributed by atoms with Crippen LogP contribution in [0.4, 0.5) is 0 Å². The third-order valence-electron chi connectivity index (χ3n) is 3.21. The van der Waals surface area contributed by atoms with E-state index < -0.39 is 5.91 Å². The molecule has 0 aliphatic carbocycles. The van der Waals surface area contributed by atoms with E-state index in [2.05, 4.69) is 15.2 Å². The van der Waals surface area contributed by atoms with Gasteiger partial charge in [0.1, 0.15) is 5.69 Å². The Morgan fingerprint density at radius 2 is 2.05 bits per heavy atom. The van der Waals surface area contributed by atoms with Crippen LogP contribution in [-0.2, 0) is 4.79 Å². The molecular weight excluding hydrogens is 280 g/mol. The van der Waals surface area contributed by atoms with Crippen molar-refractivity contribution in [2.75, 3.05) is 39.8 Å². The summed E-state index contributed by atoms with van der Waals surface area (Å²) < 4.78 is 0. The third-order valence-corrected chi connectivity index (χ3v) is 3.45. The molecule has 1 aliphatic rings. The smallest absolute Gasteiger partial charge is 0.270 e. The highest BCUT2D eigenvalue weighted by atomic mass is 35.5. The van der Waals surface area contributed by atoms with Crippen LogP contribution in [0.25, 0.3) is 0 Å². The first-order chi connectivity index (χ1) is 9.56. The van der Waals surface area contributed by atoms with Gasteiger partial charge >= 0.3 is 0 Å². The lowest BCUT2D eigenvalue weighted by Crippen LogP contribution is -2.50. The molecule has 2 amide bonds. The Bertz CT molecular complexity index is 501. The van der Waals surface area contributed by atoms with Gasteiger partial charge in [0.05, 0.1) is 6.54 Å². The van der Waals surface area contributed by atoms with Gasteiger partial charge < -0.3 is 15.1 Å². The third kappa shape index (κ3) is 3.91. The van der Waals surface area contributed by atoms with E-state index in [0.717, 1.165) is 13.1 Å². The van der Waals surface area contributed by atoms with Gasteiger partial charge in [0.15, 0.2) is 0 Å². The number of nitrogens with one attached hydrogen (secondary N) is 1. The second kappa shape index (κ2) is 6.67. The van der Waals surface area contributed by atoms with Crippen molar-refractivity contribution in [1.29, 1.82) is 0 Å². The fraction of sp³-hybridized carbons (Fsp3) is 0.462. The molecule has 108 valence electrons. The molecule has 0 aromatic carbocycles. The van der Waals surface area contributed by atoms with E-state index in [4.69, 9.17) is 11.6 Å². The summed E-state index contributed by atoms with van der Waals surface area (Å²) in [4.78, 5) is 31.6. The second-order valence-corrected chi connectivity index (χ2v) is 5.16. The Labute approximate surface area is 122 Å². The number of carbonyl (C=O) groups excluding carboxylic acids is 2. The zero-order valence-electron chi connectivity index (χ0n) is 11.3. The average Bonchev–Trinajstić information content (AvgIpc) is 2.45. The topological polar surface area (TPSA) is 65.5 Å². The van der Waals surface area contributed by atoms with Crippen molar-refractivity contribution in [3.8, 4) is 0 Å². The number of nitrogens with zero attached hydrogens (tertiary/aromatic N) is 3. The number of amides is 2. The molecule has 1 aromatic heterocycles. The summed E-state index contributed by atoms with van der Waals surface area (Å²) in [5.41, 5.74) is 0.212. The van der Waals surface area contributed by atoms with Gasteiger partial charge in [-0.25, -0.2) is 0 Å². The molecule has 0 atom stereocenters. The van der Waals surface area contributed by atoms with E-state index in [1.165, 1.54) is 12.3 Å². The first kappa shape index (κ1) is 14.7. The van der Waals surface area contributed by atoms with Crippen LogP contribution in [0.15, 0.2) is 18.3 Å². The number of hydrogen-bond donors (Lipinski definition) is 1. The van der Waals surface area contributed by atoms with E-state index in [1.54, 1.807) is 11.0 Å². The Morgan fingerprint density at radius 1 is 1.35 bits per heavy atom. The SMILES string of the molecule is CN1CCN(C(=O)CNC(=O)c2cc(Cl)ccn2)CC1. The average molecular weight is 297 g/mol. The van der Waals surface area contributed by atoms with Crippen molar-refractivity contribution in [3.05, 3.63) is 29.0 Å². The minimum Gasteiger partial charge on any atom is -0.342 e. The molecule has 0 saturated carbocycles. The largest absolute Gasteiger partial charge is 0.342 e. The van der Waals surface area contributed by atoms with E-state index in [0.29, 0.717) is 18.1 Å². The van der Waals surface area contributed by atoms with Gasteiger partial charge in [-0.2, -0.15) is 0 Å². The predicted molar refractivity (Wildman–Crippen MR) is 75.7 cm³/mol. The van der Waals surface area contributed by atoms with Crippen LogP contribution in [0, 0.1) is 0 Å². The normalized spacial score (nSPS) is 16.0. The van der Waals surface area contributed by atoms with Crippen molar-refractivity contribution in [2.24, 2.45) is 0 Å². The lowest BCUT2D eigenvalue weighted by atomic mass is 10.3. The van der Waals surface area contributed by atoms with Gasteiger partial charge in [0, 0.05) is 37.4 Å². The molecular formula is C13H17ClN4O2. The maximum absolute atomic E-state index is 12.0. The van der Waals surface area contributed by atoms with Crippen LogP contribution < -0.4 is 5.32 Å². The zero-order valence-corrected chi connectivity index (χ0v) is 12.1. The summed E-state index contributed by atoms with van der Waals surface area (Å²) in [6.07, 6.45) is 1.46. The standard InChI is InChI=1S/C13H17ClN4O2/c1-17-4-6-18(7-5-17)12(19)9-16-13(20)11-8-10(14)2-3-15-11/h2-3,8H,4-7,9H2,1H3,(H,16,20). The predicted octanol–water partition coefficient (Wildman–Crippen LogP) is 0.239. The van der Waals surface area contributed by atoms with Crippen LogP contribution in [0.5, 0.6) is 0 Å². The monoisotopic (exact) mass is 296 g/mol. The first-order valence-electron chi connectivity index (χ1n) is 6.42. The molecule has 1 fully saturated rings. The Hall–Kier alpha value is -1.66. The van der Waals surface area contributed by atoms with Crippen molar-refractivity contribution in [1.82, 2.24) is 20.1 Å². The van der Waals surface area contributed by atoms with Gasteiger partial charge in [-0.3, -0.25) is 14.6 Å². The van der Waals surface area contributed by atoms with Gasteiger partial charge in [-0.15, -0.1) is 0 Å². The molecule has 6 nitrogen and oxygen atoms in total. The Morgan fingerprint density at radius 3 is 2.70 bits per heavy atom. The lowest BCUT2D eigenvalue weighted by molar-refractivity contribution is -0.131. The second-order valence-electron chi connectivity index (χ2n) is 4.73. The Balaban J connectivity index is 1.82. The highest BCUT2D eigenvalue weighted by molar-refractivity contribution is 6.30. The van der Waals surface area contributed by atoms with Crippen LogP contribution in [0.1, 0.15) is 10.5 Å². The van der Waals surface area contributed by atoms with E-state index >= 15 is 0 Å². The number of carbonyl (C=O) groups is 2. The number of aromatic nitrogens is 1. The molecule has 0 radical (unpaired) electrons. The molecule has 20 heavy (non-hydrogen) atoms. The van der Waals surface area contributed by atoms with Crippen LogP contribution in [-0.4, -0.2) is 66.4 Å². The van der Waals surface area contributed by atoms with Crippen molar-refractivity contribution in [2.45, 2.75) is 0 Å². The van der Waals surface area contributed by atoms with Crippen molar-refractivity contribution < 1.29 is 9.59 Å². The van der Waals surface area contributed by atoms with Gasteiger partial charge in [-0.05, 0) is 19.2 Å². The van der Waals surface area contributed by atoms with E-state index in [-0.39, 0.29) is 18.1 Å². The number of likely N-dealkylation sites (N-methyl/N-ethyl adjacent to an activating group) is 1. The van der Waals surface area contributed by atoms with Crippen molar-refractivity contribution >= 4 is 23.4 Å². The molecule has 2 rings (SSSR count). The number of rotatable bonds is 3.